The average molecular weight is 1890 g/mol. The van der Waals surface area contributed by atoms with Crippen molar-refractivity contribution < 1.29 is 0 Å². The van der Waals surface area contributed by atoms with Crippen LogP contribution in [0.25, 0.3) is 242 Å². The molecule has 0 unspecified atom stereocenters. The largest absolute Gasteiger partial charge is 0.299 e. The summed E-state index contributed by atoms with van der Waals surface area (Å²) in [4.78, 5) is 58.8. The van der Waals surface area contributed by atoms with Gasteiger partial charge in [0, 0.05) is 126 Å². The van der Waals surface area contributed by atoms with Crippen molar-refractivity contribution >= 4 is 27.7 Å². The molecular formula is C132H91N15. The van der Waals surface area contributed by atoms with Gasteiger partial charge in [0.1, 0.15) is 16.9 Å². The molecule has 0 radical (unpaired) electrons. The number of imidazole rings is 3. The molecule has 0 N–H and O–H groups in total. The summed E-state index contributed by atoms with van der Waals surface area (Å²) in [7, 11) is 0. The van der Waals surface area contributed by atoms with Gasteiger partial charge < -0.3 is 0 Å². The van der Waals surface area contributed by atoms with Crippen molar-refractivity contribution in [3.8, 4) is 214 Å². The number of nitrogens with zero attached hydrogens (tertiary/aromatic N) is 15. The van der Waals surface area contributed by atoms with Crippen LogP contribution in [-0.4, -0.2) is 73.0 Å². The fourth-order valence-electron chi connectivity index (χ4n) is 19.4. The van der Waals surface area contributed by atoms with Gasteiger partial charge in [-0.25, -0.2) is 44.9 Å². The van der Waals surface area contributed by atoms with Gasteiger partial charge in [-0.2, -0.15) is 0 Å². The molecule has 0 saturated heterocycles. The standard InChI is InChI=1S/2C45H30N6.C42H31N3/c1-4-14-32(15-5-1)41-42(51-27-13-11-21-40(51)47-41)33-24-22-31(23-25-33)36-28-37(39-20-10-12-26-46-39)30-38(29-36)45-49-43(34-16-6-2-7-17-34)48-44(50-45)35-18-8-3-9-19-35;1-4-13-32(14-5-1)41-42(51-26-11-10-20-40(51)47-41)33-23-21-31(22-24-33)37-27-38(36-19-12-25-46-30-36)29-39(28-37)45-49-43(34-15-6-2-7-16-34)48-44(50-45)35-17-8-3-9-18-35;1-28-23-34(24-29(2)43-28)36-25-35(26-37(27-36)39-16-10-14-31-11-6-7-15-38(31)39)30-18-20-33(21-19-30)42-41(32-12-4-3-5-13-32)44-40-17-8-9-22-45(40)42/h2*1-30H;3-27H,1-2H3. The number of hydrogen-bond donors (Lipinski definition) is 0. The van der Waals surface area contributed by atoms with Crippen LogP contribution in [0.4, 0.5) is 0 Å². The van der Waals surface area contributed by atoms with Crippen molar-refractivity contribution in [2.45, 2.75) is 13.8 Å². The van der Waals surface area contributed by atoms with Crippen molar-refractivity contribution in [2.75, 3.05) is 0 Å². The molecule has 0 amide bonds. The first-order chi connectivity index (χ1) is 72.6. The number of benzene rings is 15. The minimum atomic E-state index is 0.594. The van der Waals surface area contributed by atoms with Gasteiger partial charge in [0.05, 0.1) is 39.9 Å². The molecule has 15 nitrogen and oxygen atoms in total. The first-order valence-corrected chi connectivity index (χ1v) is 49.0. The molecule has 0 bridgehead atoms. The molecule has 11 heterocycles. The molecular weight excluding hydrogens is 1800 g/mol. The Kier molecular flexibility index (Phi) is 24.6. The van der Waals surface area contributed by atoms with Gasteiger partial charge in [-0.05, 0) is 207 Å². The van der Waals surface area contributed by atoms with Crippen LogP contribution in [0.5, 0.6) is 0 Å². The van der Waals surface area contributed by atoms with E-state index in [9.17, 15) is 0 Å². The van der Waals surface area contributed by atoms with Gasteiger partial charge >= 0.3 is 0 Å². The maximum absolute atomic E-state index is 5.04. The third-order valence-electron chi connectivity index (χ3n) is 26.4. The smallest absolute Gasteiger partial charge is 0.164 e. The lowest BCUT2D eigenvalue weighted by atomic mass is 9.91. The Morgan fingerprint density at radius 2 is 0.469 bits per heavy atom. The summed E-state index contributed by atoms with van der Waals surface area (Å²) >= 11 is 0. The Bertz CT molecular complexity index is 8730. The highest BCUT2D eigenvalue weighted by Crippen LogP contribution is 2.44. The maximum atomic E-state index is 5.04. The van der Waals surface area contributed by atoms with Crippen LogP contribution in [0.3, 0.4) is 0 Å². The minimum Gasteiger partial charge on any atom is -0.299 e. The zero-order valence-corrected chi connectivity index (χ0v) is 80.3. The molecule has 0 atom stereocenters. The SMILES string of the molecule is Cc1cc(-c2cc(-c3ccc(-c4c(-c5ccccc5)nc5ccccn45)cc3)cc(-c3cccc4ccccc34)c2)cc(C)n1.c1ccc(-c2nc(-c3ccccc3)nc(-c3cc(-c4ccc(-c5c(-c6ccccc6)nc6ccccn56)cc4)cc(-c4ccccn4)c3)n2)cc1.c1ccc(-c2nc(-c3ccccc3)nc(-c3cc(-c4ccc(-c5c(-c6ccccc6)nc6ccccn56)cc4)cc(-c4cccnc4)c3)n2)cc1. The molecule has 694 valence electrons. The van der Waals surface area contributed by atoms with Crippen LogP contribution in [0.2, 0.25) is 0 Å². The number of hydrogen-bond acceptors (Lipinski definition) is 12. The van der Waals surface area contributed by atoms with E-state index in [1.54, 1.807) is 6.20 Å². The minimum absolute atomic E-state index is 0.594. The molecule has 26 aromatic rings. The van der Waals surface area contributed by atoms with Crippen molar-refractivity contribution in [1.82, 2.24) is 73.0 Å². The van der Waals surface area contributed by atoms with E-state index in [0.29, 0.717) is 34.9 Å². The van der Waals surface area contributed by atoms with Crippen molar-refractivity contribution in [2.24, 2.45) is 0 Å². The van der Waals surface area contributed by atoms with E-state index < -0.39 is 0 Å². The first kappa shape index (κ1) is 89.7. The van der Waals surface area contributed by atoms with Gasteiger partial charge in [0.25, 0.3) is 0 Å². The third-order valence-corrected chi connectivity index (χ3v) is 26.4. The lowest BCUT2D eigenvalue weighted by molar-refractivity contribution is 1.07. The van der Waals surface area contributed by atoms with Crippen molar-refractivity contribution in [1.29, 1.82) is 0 Å². The average Bonchev–Trinajstić information content (AvgIpc) is 1.75. The van der Waals surface area contributed by atoms with Crippen LogP contribution in [0, 0.1) is 13.8 Å². The van der Waals surface area contributed by atoms with Crippen LogP contribution < -0.4 is 0 Å². The number of pyridine rings is 6. The Morgan fingerprint density at radius 3 is 0.844 bits per heavy atom. The second kappa shape index (κ2) is 40.4. The summed E-state index contributed by atoms with van der Waals surface area (Å²) < 4.78 is 6.51. The Balaban J connectivity index is 0.000000118. The molecule has 0 aliphatic carbocycles. The van der Waals surface area contributed by atoms with Gasteiger partial charge in [0.2, 0.25) is 0 Å². The Hall–Kier alpha value is -19.9. The van der Waals surface area contributed by atoms with Gasteiger partial charge in [0.15, 0.2) is 34.9 Å². The molecule has 15 aromatic carbocycles. The van der Waals surface area contributed by atoms with E-state index in [1.807, 2.05) is 219 Å². The quantitative estimate of drug-likeness (QED) is 0.0752. The highest BCUT2D eigenvalue weighted by molar-refractivity contribution is 5.99. The molecule has 147 heavy (non-hydrogen) atoms. The number of fused-ring (bicyclic) bond motifs is 4. The lowest BCUT2D eigenvalue weighted by Crippen LogP contribution is -2.00. The van der Waals surface area contributed by atoms with Crippen molar-refractivity contribution in [3.63, 3.8) is 0 Å². The van der Waals surface area contributed by atoms with Gasteiger partial charge in [-0.15, -0.1) is 0 Å². The molecule has 0 spiro atoms. The molecule has 0 aliphatic heterocycles. The van der Waals surface area contributed by atoms with Gasteiger partial charge in [-0.3, -0.25) is 28.2 Å². The maximum Gasteiger partial charge on any atom is 0.164 e. The molecule has 15 heteroatoms. The van der Waals surface area contributed by atoms with Crippen molar-refractivity contribution in [3.05, 3.63) is 528 Å². The summed E-state index contributed by atoms with van der Waals surface area (Å²) in [5, 5.41) is 2.49. The monoisotopic (exact) mass is 1890 g/mol. The van der Waals surface area contributed by atoms with Crippen LogP contribution >= 0.6 is 0 Å². The fourth-order valence-corrected chi connectivity index (χ4v) is 19.4. The molecule has 0 saturated carbocycles. The third kappa shape index (κ3) is 19.0. The zero-order chi connectivity index (χ0) is 98.3. The first-order valence-electron chi connectivity index (χ1n) is 49.0. The lowest BCUT2D eigenvalue weighted by Gasteiger charge is -2.14. The summed E-state index contributed by atoms with van der Waals surface area (Å²) in [5.74, 6) is 3.69. The zero-order valence-electron chi connectivity index (χ0n) is 80.3. The summed E-state index contributed by atoms with van der Waals surface area (Å²) in [6.07, 6.45) is 11.7. The van der Waals surface area contributed by atoms with Crippen LogP contribution in [-0.2, 0) is 0 Å². The van der Waals surface area contributed by atoms with E-state index >= 15 is 0 Å². The topological polar surface area (TPSA) is 168 Å². The highest BCUT2D eigenvalue weighted by atomic mass is 15.1. The van der Waals surface area contributed by atoms with E-state index in [4.69, 9.17) is 49.8 Å². The predicted octanol–water partition coefficient (Wildman–Crippen LogP) is 32.0. The summed E-state index contributed by atoms with van der Waals surface area (Å²) in [5.41, 5.74) is 38.1. The summed E-state index contributed by atoms with van der Waals surface area (Å²) in [6, 6.07) is 166. The summed E-state index contributed by atoms with van der Waals surface area (Å²) in [6.45, 7) is 4.13. The van der Waals surface area contributed by atoms with E-state index in [2.05, 4.69) is 329 Å². The van der Waals surface area contributed by atoms with Gasteiger partial charge in [-0.1, -0.05) is 358 Å². The number of rotatable bonds is 19. The Morgan fingerprint density at radius 1 is 0.177 bits per heavy atom. The van der Waals surface area contributed by atoms with E-state index in [-0.39, 0.29) is 0 Å². The van der Waals surface area contributed by atoms with Crippen LogP contribution in [0.15, 0.2) is 516 Å². The normalized spacial score (nSPS) is 11.2. The second-order valence-electron chi connectivity index (χ2n) is 36.1. The molecule has 0 aliphatic rings. The second-order valence-corrected chi connectivity index (χ2v) is 36.1. The van der Waals surface area contributed by atoms with E-state index in [0.717, 1.165) is 174 Å². The fraction of sp³-hybridized carbons (Fsp3) is 0.0152. The van der Waals surface area contributed by atoms with Crippen LogP contribution in [0.1, 0.15) is 11.4 Å². The predicted molar refractivity (Wildman–Crippen MR) is 596 cm³/mol. The van der Waals surface area contributed by atoms with E-state index in [1.165, 1.54) is 44.2 Å². The molecule has 26 rings (SSSR count). The molecule has 11 aromatic heterocycles. The number of aromatic nitrogens is 15. The Labute approximate surface area is 850 Å². The number of aryl methyl sites for hydroxylation is 2. The molecule has 0 fully saturated rings. The highest BCUT2D eigenvalue weighted by Gasteiger charge is 2.25.